The molecule has 1 aliphatic heterocycles. The molecular weight excluding hydrogens is 392 g/mol. The number of benzene rings is 2. The van der Waals surface area contributed by atoms with E-state index in [2.05, 4.69) is 11.9 Å². The lowest BCUT2D eigenvalue weighted by Crippen LogP contribution is -2.28. The zero-order valence-electron chi connectivity index (χ0n) is 14.6. The minimum atomic E-state index is -4.03. The molecule has 0 bridgehead atoms. The van der Waals surface area contributed by atoms with Crippen LogP contribution in [0.25, 0.3) is 11.1 Å². The highest BCUT2D eigenvalue weighted by Crippen LogP contribution is 2.32. The summed E-state index contributed by atoms with van der Waals surface area (Å²) in [7, 11) is -4.03. The number of nitrogens with one attached hydrogen (secondary N) is 1. The maximum absolute atomic E-state index is 14.7. The fourth-order valence-electron chi connectivity index (χ4n) is 2.87. The highest BCUT2D eigenvalue weighted by molar-refractivity contribution is 7.89. The number of carbonyl (C=O) groups is 1. The summed E-state index contributed by atoms with van der Waals surface area (Å²) in [5, 5.41) is 7.87. The van der Waals surface area contributed by atoms with Crippen LogP contribution in [0.3, 0.4) is 0 Å². The summed E-state index contributed by atoms with van der Waals surface area (Å²) in [6, 6.07) is 6.98. The third-order valence-electron chi connectivity index (χ3n) is 4.15. The van der Waals surface area contributed by atoms with Crippen LogP contribution in [-0.2, 0) is 14.8 Å². The number of nitrogens with zero attached hydrogens (tertiary/aromatic N) is 1. The second-order valence-electron chi connectivity index (χ2n) is 6.09. The maximum Gasteiger partial charge on any atom is 0.414 e. The highest BCUT2D eigenvalue weighted by atomic mass is 32.2. The van der Waals surface area contributed by atoms with Crippen molar-refractivity contribution in [2.24, 2.45) is 5.14 Å². The van der Waals surface area contributed by atoms with Crippen LogP contribution >= 0.6 is 0 Å². The summed E-state index contributed by atoms with van der Waals surface area (Å²) >= 11 is 0. The molecule has 0 spiro atoms. The van der Waals surface area contributed by atoms with Crippen LogP contribution in [0.15, 0.2) is 54.1 Å². The first kappa shape index (κ1) is 19.8. The van der Waals surface area contributed by atoms with Gasteiger partial charge < -0.3 is 10.1 Å². The monoisotopic (exact) mass is 409 g/mol. The fraction of sp³-hybridized carbons (Fsp3) is 0.167. The Bertz CT molecular complexity index is 1020. The molecule has 0 aliphatic carbocycles. The zero-order chi connectivity index (χ0) is 20.5. The number of primary sulfonamides is 1. The first-order valence-electron chi connectivity index (χ1n) is 8.15. The molecule has 1 fully saturated rings. The van der Waals surface area contributed by atoms with Crippen molar-refractivity contribution in [3.8, 4) is 11.1 Å². The Kier molecular flexibility index (Phi) is 5.34. The average Bonchev–Trinajstić information content (AvgIpc) is 2.99. The molecule has 2 aromatic rings. The molecule has 28 heavy (non-hydrogen) atoms. The fourth-order valence-corrected chi connectivity index (χ4v) is 3.43. The normalized spacial score (nSPS) is 16.8. The van der Waals surface area contributed by atoms with E-state index in [9.17, 15) is 22.0 Å². The molecule has 1 atom stereocenters. The lowest BCUT2D eigenvalue weighted by molar-refractivity contribution is 0.142. The Hall–Kier alpha value is -2.98. The number of cyclic esters (lactones) is 1. The van der Waals surface area contributed by atoms with Crippen LogP contribution in [0.5, 0.6) is 0 Å². The molecule has 3 rings (SSSR count). The van der Waals surface area contributed by atoms with Gasteiger partial charge in [0.25, 0.3) is 0 Å². The number of halogens is 2. The molecule has 148 valence electrons. The summed E-state index contributed by atoms with van der Waals surface area (Å²) in [4.78, 5) is 12.9. The smallest absolute Gasteiger partial charge is 0.414 e. The number of rotatable bonds is 6. The number of carbonyl (C=O) groups excluding carboxylic acids is 1. The predicted octanol–water partition coefficient (Wildman–Crippen LogP) is 2.34. The third-order valence-corrected chi connectivity index (χ3v) is 5.06. The van der Waals surface area contributed by atoms with E-state index in [4.69, 9.17) is 9.88 Å². The van der Waals surface area contributed by atoms with Gasteiger partial charge in [-0.2, -0.15) is 0 Å². The number of ether oxygens (including phenoxy) is 1. The van der Waals surface area contributed by atoms with Crippen LogP contribution in [0.4, 0.5) is 19.3 Å². The minimum absolute atomic E-state index is 0.00475. The van der Waals surface area contributed by atoms with E-state index < -0.39 is 39.4 Å². The van der Waals surface area contributed by atoms with Crippen LogP contribution in [-0.4, -0.2) is 33.7 Å². The molecular formula is C18H17F2N3O4S. The van der Waals surface area contributed by atoms with Crippen molar-refractivity contribution >= 4 is 21.8 Å². The minimum Gasteiger partial charge on any atom is -0.442 e. The standard InChI is InChI=1S/C18H17F2N3O4S/c1-2-22-9-13-10-23(18(24)27-13)12-7-15(19)17(16(20)8-12)11-4-3-5-14(6-11)28(21,25)26/h2-8,13,22H,1,9-10H2,(H2,21,25,26)/t13-/m0/s1. The van der Waals surface area contributed by atoms with Crippen molar-refractivity contribution in [3.63, 3.8) is 0 Å². The van der Waals surface area contributed by atoms with Gasteiger partial charge >= 0.3 is 6.09 Å². The van der Waals surface area contributed by atoms with Crippen molar-refractivity contribution in [3.05, 3.63) is 60.8 Å². The van der Waals surface area contributed by atoms with Crippen LogP contribution < -0.4 is 15.4 Å². The van der Waals surface area contributed by atoms with Gasteiger partial charge in [-0.1, -0.05) is 18.7 Å². The summed E-state index contributed by atoms with van der Waals surface area (Å²) in [5.41, 5.74) is -0.427. The Morgan fingerprint density at radius 3 is 2.57 bits per heavy atom. The maximum atomic E-state index is 14.7. The first-order valence-corrected chi connectivity index (χ1v) is 9.70. The molecule has 3 N–H and O–H groups in total. The lowest BCUT2D eigenvalue weighted by atomic mass is 10.0. The quantitative estimate of drug-likeness (QED) is 0.763. The molecule has 10 heteroatoms. The van der Waals surface area contributed by atoms with Gasteiger partial charge in [-0.25, -0.2) is 27.1 Å². The van der Waals surface area contributed by atoms with Gasteiger partial charge in [0.2, 0.25) is 10.0 Å². The summed E-state index contributed by atoms with van der Waals surface area (Å²) in [6.07, 6.45) is 0.224. The van der Waals surface area contributed by atoms with E-state index >= 15 is 0 Å². The van der Waals surface area contributed by atoms with E-state index in [1.54, 1.807) is 0 Å². The number of hydrogen-bond donors (Lipinski definition) is 2. The molecule has 1 aliphatic rings. The average molecular weight is 409 g/mol. The largest absolute Gasteiger partial charge is 0.442 e. The van der Waals surface area contributed by atoms with Crippen molar-refractivity contribution in [2.45, 2.75) is 11.0 Å². The SMILES string of the molecule is C=CNC[C@H]1CN(c2cc(F)c(-c3cccc(S(N)(=O)=O)c3)c(F)c2)C(=O)O1. The van der Waals surface area contributed by atoms with Gasteiger partial charge in [0.15, 0.2) is 0 Å². The van der Waals surface area contributed by atoms with Gasteiger partial charge in [0.05, 0.1) is 29.2 Å². The van der Waals surface area contributed by atoms with E-state index in [-0.39, 0.29) is 22.7 Å². The Balaban J connectivity index is 1.94. The topological polar surface area (TPSA) is 102 Å². The molecule has 0 radical (unpaired) electrons. The van der Waals surface area contributed by atoms with Gasteiger partial charge in [-0.15, -0.1) is 0 Å². The highest BCUT2D eigenvalue weighted by Gasteiger charge is 2.33. The predicted molar refractivity (Wildman–Crippen MR) is 99.0 cm³/mol. The summed E-state index contributed by atoms with van der Waals surface area (Å²) in [5.74, 6) is -1.91. The van der Waals surface area contributed by atoms with Crippen molar-refractivity contribution in [1.82, 2.24) is 5.32 Å². The van der Waals surface area contributed by atoms with E-state index in [1.165, 1.54) is 24.4 Å². The first-order chi connectivity index (χ1) is 13.2. The second-order valence-corrected chi connectivity index (χ2v) is 7.65. The van der Waals surface area contributed by atoms with Gasteiger partial charge in [-0.05, 0) is 36.0 Å². The van der Waals surface area contributed by atoms with Crippen molar-refractivity contribution < 1.29 is 26.7 Å². The lowest BCUT2D eigenvalue weighted by Gasteiger charge is -2.15. The Morgan fingerprint density at radius 1 is 1.29 bits per heavy atom. The zero-order valence-corrected chi connectivity index (χ0v) is 15.4. The number of nitrogens with two attached hydrogens (primary N) is 1. The van der Waals surface area contributed by atoms with E-state index in [1.807, 2.05) is 0 Å². The third kappa shape index (κ3) is 3.97. The van der Waals surface area contributed by atoms with Gasteiger partial charge in [0, 0.05) is 0 Å². The van der Waals surface area contributed by atoms with Crippen molar-refractivity contribution in [2.75, 3.05) is 18.0 Å². The second kappa shape index (κ2) is 7.56. The van der Waals surface area contributed by atoms with E-state index in [0.717, 1.165) is 23.1 Å². The van der Waals surface area contributed by atoms with Crippen LogP contribution in [0.1, 0.15) is 0 Å². The summed E-state index contributed by atoms with van der Waals surface area (Å²) in [6.45, 7) is 3.92. The molecule has 2 aromatic carbocycles. The Morgan fingerprint density at radius 2 is 1.96 bits per heavy atom. The van der Waals surface area contributed by atoms with E-state index in [0.29, 0.717) is 6.54 Å². The molecule has 1 saturated heterocycles. The molecule has 1 heterocycles. The van der Waals surface area contributed by atoms with Gasteiger partial charge in [0.1, 0.15) is 17.7 Å². The van der Waals surface area contributed by atoms with Crippen LogP contribution in [0, 0.1) is 11.6 Å². The molecule has 1 amide bonds. The van der Waals surface area contributed by atoms with Crippen molar-refractivity contribution in [1.29, 1.82) is 0 Å². The number of hydrogen-bond acceptors (Lipinski definition) is 5. The number of sulfonamides is 1. The number of anilines is 1. The Labute approximate surface area is 160 Å². The molecule has 0 aromatic heterocycles. The molecule has 0 saturated carbocycles. The molecule has 7 nitrogen and oxygen atoms in total. The van der Waals surface area contributed by atoms with Crippen LogP contribution in [0.2, 0.25) is 0 Å². The number of amides is 1. The van der Waals surface area contributed by atoms with Gasteiger partial charge in [-0.3, -0.25) is 4.90 Å². The molecule has 0 unspecified atom stereocenters. The summed E-state index contributed by atoms with van der Waals surface area (Å²) < 4.78 is 57.4.